The lowest BCUT2D eigenvalue weighted by Crippen LogP contribution is -2.22. The van der Waals surface area contributed by atoms with E-state index in [0.717, 1.165) is 0 Å². The van der Waals surface area contributed by atoms with Crippen molar-refractivity contribution in [1.29, 1.82) is 0 Å². The number of benzene rings is 2. The Balaban J connectivity index is 2.29. The van der Waals surface area contributed by atoms with Gasteiger partial charge in [0.1, 0.15) is 11.6 Å². The lowest BCUT2D eigenvalue weighted by molar-refractivity contribution is 0.0957. The third-order valence-electron chi connectivity index (χ3n) is 2.88. The summed E-state index contributed by atoms with van der Waals surface area (Å²) in [7, 11) is 1.44. The molecule has 0 aromatic heterocycles. The summed E-state index contributed by atoms with van der Waals surface area (Å²) in [6.45, 7) is 0. The predicted molar refractivity (Wildman–Crippen MR) is 70.7 cm³/mol. The van der Waals surface area contributed by atoms with E-state index >= 15 is 0 Å². The molecule has 0 saturated heterocycles. The molecule has 0 bridgehead atoms. The van der Waals surface area contributed by atoms with Crippen LogP contribution in [0.5, 0.6) is 5.75 Å². The van der Waals surface area contributed by atoms with Crippen LogP contribution >= 0.6 is 0 Å². The molecule has 0 aliphatic heterocycles. The number of methoxy groups -OCH3 is 1. The molecule has 0 radical (unpaired) electrons. The summed E-state index contributed by atoms with van der Waals surface area (Å²) in [4.78, 5) is 12.2. The molecule has 0 spiro atoms. The molecule has 2 aromatic rings. The maximum Gasteiger partial charge on any atom is 0.186 e. The molecule has 2 rings (SSSR count). The summed E-state index contributed by atoms with van der Waals surface area (Å²) in [5, 5.41) is 0. The summed E-state index contributed by atoms with van der Waals surface area (Å²) >= 11 is 0. The Morgan fingerprint density at radius 3 is 2.47 bits per heavy atom. The zero-order valence-electron chi connectivity index (χ0n) is 10.5. The van der Waals surface area contributed by atoms with Gasteiger partial charge in [-0.25, -0.2) is 4.39 Å². The Morgan fingerprint density at radius 1 is 1.21 bits per heavy atom. The van der Waals surface area contributed by atoms with Gasteiger partial charge in [-0.15, -0.1) is 0 Å². The normalized spacial score (nSPS) is 11.9. The minimum Gasteiger partial charge on any atom is -0.497 e. The van der Waals surface area contributed by atoms with Crippen LogP contribution in [0.15, 0.2) is 48.5 Å². The van der Waals surface area contributed by atoms with Gasteiger partial charge >= 0.3 is 0 Å². The fraction of sp³-hybridized carbons (Fsp3) is 0.133. The smallest absolute Gasteiger partial charge is 0.186 e. The molecule has 0 fully saturated rings. The maximum atomic E-state index is 13.8. The molecule has 0 aliphatic carbocycles. The lowest BCUT2D eigenvalue weighted by Gasteiger charge is -2.12. The van der Waals surface area contributed by atoms with Crippen molar-refractivity contribution in [3.8, 4) is 5.75 Å². The first-order valence-corrected chi connectivity index (χ1v) is 5.81. The monoisotopic (exact) mass is 259 g/mol. The van der Waals surface area contributed by atoms with Gasteiger partial charge in [-0.05, 0) is 17.7 Å². The van der Waals surface area contributed by atoms with Crippen molar-refractivity contribution in [2.24, 2.45) is 5.73 Å². The van der Waals surface area contributed by atoms with E-state index in [4.69, 9.17) is 10.5 Å². The molecule has 2 N–H and O–H groups in total. The SMILES string of the molecule is COc1ccc(C(=O)C(N)c2ccccc2)c(F)c1. The standard InChI is InChI=1S/C15H14FNO2/c1-19-11-7-8-12(13(16)9-11)15(18)14(17)10-5-3-2-4-6-10/h2-9,14H,17H2,1H3. The molecule has 0 aliphatic rings. The molecule has 0 amide bonds. The molecule has 19 heavy (non-hydrogen) atoms. The lowest BCUT2D eigenvalue weighted by atomic mass is 9.98. The fourth-order valence-electron chi connectivity index (χ4n) is 1.80. The van der Waals surface area contributed by atoms with Crippen molar-refractivity contribution < 1.29 is 13.9 Å². The molecule has 2 aromatic carbocycles. The van der Waals surface area contributed by atoms with Crippen molar-refractivity contribution in [3.63, 3.8) is 0 Å². The molecule has 4 heteroatoms. The number of halogens is 1. The van der Waals surface area contributed by atoms with Gasteiger partial charge in [-0.3, -0.25) is 4.79 Å². The quantitative estimate of drug-likeness (QED) is 0.859. The van der Waals surface area contributed by atoms with Crippen LogP contribution in [0.1, 0.15) is 22.0 Å². The topological polar surface area (TPSA) is 52.3 Å². The second-order valence-electron chi connectivity index (χ2n) is 4.10. The Labute approximate surface area is 110 Å². The Kier molecular flexibility index (Phi) is 3.92. The van der Waals surface area contributed by atoms with Crippen molar-refractivity contribution in [2.75, 3.05) is 7.11 Å². The molecule has 0 saturated carbocycles. The highest BCUT2D eigenvalue weighted by molar-refractivity contribution is 6.00. The summed E-state index contributed by atoms with van der Waals surface area (Å²) in [6, 6.07) is 12.1. The summed E-state index contributed by atoms with van der Waals surface area (Å²) in [5.41, 5.74) is 6.49. The summed E-state index contributed by atoms with van der Waals surface area (Å²) < 4.78 is 18.7. The second-order valence-corrected chi connectivity index (χ2v) is 4.10. The number of ketones is 1. The largest absolute Gasteiger partial charge is 0.497 e. The van der Waals surface area contributed by atoms with Crippen LogP contribution in [-0.4, -0.2) is 12.9 Å². The number of carbonyl (C=O) groups is 1. The van der Waals surface area contributed by atoms with Gasteiger partial charge in [0.15, 0.2) is 5.78 Å². The first kappa shape index (κ1) is 13.2. The van der Waals surface area contributed by atoms with Gasteiger partial charge in [-0.2, -0.15) is 0 Å². The Bertz CT molecular complexity index is 584. The Hall–Kier alpha value is -2.20. The Morgan fingerprint density at radius 2 is 1.89 bits per heavy atom. The van der Waals surface area contributed by atoms with Crippen molar-refractivity contribution in [3.05, 3.63) is 65.5 Å². The van der Waals surface area contributed by atoms with Crippen molar-refractivity contribution in [2.45, 2.75) is 6.04 Å². The zero-order valence-corrected chi connectivity index (χ0v) is 10.5. The first-order chi connectivity index (χ1) is 9.13. The first-order valence-electron chi connectivity index (χ1n) is 5.81. The van der Waals surface area contributed by atoms with Gasteiger partial charge in [-0.1, -0.05) is 30.3 Å². The summed E-state index contributed by atoms with van der Waals surface area (Å²) in [5.74, 6) is -0.718. The minimum atomic E-state index is -0.871. The molecule has 3 nitrogen and oxygen atoms in total. The highest BCUT2D eigenvalue weighted by Crippen LogP contribution is 2.21. The number of rotatable bonds is 4. The molecule has 1 unspecified atom stereocenters. The zero-order chi connectivity index (χ0) is 13.8. The average Bonchev–Trinajstić information content (AvgIpc) is 2.46. The highest BCUT2D eigenvalue weighted by Gasteiger charge is 2.20. The van der Waals surface area contributed by atoms with E-state index in [1.165, 1.54) is 25.3 Å². The molecular formula is C15H14FNO2. The number of Topliss-reactive ketones (excluding diaryl/α,β-unsaturated/α-hetero) is 1. The number of ether oxygens (including phenoxy) is 1. The van der Waals surface area contributed by atoms with E-state index in [0.29, 0.717) is 11.3 Å². The third kappa shape index (κ3) is 2.80. The van der Waals surface area contributed by atoms with E-state index in [-0.39, 0.29) is 5.56 Å². The minimum absolute atomic E-state index is 0.0304. The van der Waals surface area contributed by atoms with Gasteiger partial charge in [0, 0.05) is 6.07 Å². The van der Waals surface area contributed by atoms with Crippen molar-refractivity contribution >= 4 is 5.78 Å². The van der Waals surface area contributed by atoms with Gasteiger partial charge in [0.2, 0.25) is 0 Å². The summed E-state index contributed by atoms with van der Waals surface area (Å²) in [6.07, 6.45) is 0. The highest BCUT2D eigenvalue weighted by atomic mass is 19.1. The number of nitrogens with two attached hydrogens (primary N) is 1. The van der Waals surface area contributed by atoms with E-state index in [1.54, 1.807) is 24.3 Å². The van der Waals surface area contributed by atoms with Crippen molar-refractivity contribution in [1.82, 2.24) is 0 Å². The van der Waals surface area contributed by atoms with Crippen LogP contribution in [0.4, 0.5) is 4.39 Å². The van der Waals surface area contributed by atoms with E-state index in [9.17, 15) is 9.18 Å². The van der Waals surface area contributed by atoms with E-state index in [2.05, 4.69) is 0 Å². The van der Waals surface area contributed by atoms with Crippen LogP contribution in [0.25, 0.3) is 0 Å². The van der Waals surface area contributed by atoms with Crippen LogP contribution in [-0.2, 0) is 0 Å². The fourth-order valence-corrected chi connectivity index (χ4v) is 1.80. The number of hydrogen-bond donors (Lipinski definition) is 1. The van der Waals surface area contributed by atoms with E-state index in [1.807, 2.05) is 6.07 Å². The van der Waals surface area contributed by atoms with E-state index < -0.39 is 17.6 Å². The van der Waals surface area contributed by atoms with Crippen LogP contribution in [0.2, 0.25) is 0 Å². The predicted octanol–water partition coefficient (Wildman–Crippen LogP) is 2.72. The molecular weight excluding hydrogens is 245 g/mol. The maximum absolute atomic E-state index is 13.8. The van der Waals surface area contributed by atoms with Gasteiger partial charge < -0.3 is 10.5 Å². The van der Waals surface area contributed by atoms with Crippen LogP contribution in [0.3, 0.4) is 0 Å². The molecule has 98 valence electrons. The van der Waals surface area contributed by atoms with Gasteiger partial charge in [0.25, 0.3) is 0 Å². The number of hydrogen-bond acceptors (Lipinski definition) is 3. The van der Waals surface area contributed by atoms with Crippen LogP contribution < -0.4 is 10.5 Å². The average molecular weight is 259 g/mol. The van der Waals surface area contributed by atoms with Crippen LogP contribution in [0, 0.1) is 5.82 Å². The van der Waals surface area contributed by atoms with Gasteiger partial charge in [0.05, 0.1) is 18.7 Å². The number of carbonyl (C=O) groups excluding carboxylic acids is 1. The molecule has 1 atom stereocenters. The molecule has 0 heterocycles. The third-order valence-corrected chi connectivity index (χ3v) is 2.88. The second kappa shape index (κ2) is 5.63.